The Morgan fingerprint density at radius 3 is 2.80 bits per heavy atom. The van der Waals surface area contributed by atoms with E-state index in [1.54, 1.807) is 0 Å². The van der Waals surface area contributed by atoms with Crippen LogP contribution >= 0.6 is 0 Å². The van der Waals surface area contributed by atoms with Crippen LogP contribution in [0.4, 0.5) is 0 Å². The van der Waals surface area contributed by atoms with Crippen molar-refractivity contribution in [2.75, 3.05) is 0 Å². The van der Waals surface area contributed by atoms with Gasteiger partial charge in [0.25, 0.3) is 0 Å². The van der Waals surface area contributed by atoms with E-state index in [9.17, 15) is 0 Å². The SMILES string of the molecule is Cc1cccc2c1CCC2=NN=C(N)N. The van der Waals surface area contributed by atoms with Gasteiger partial charge in [-0.05, 0) is 30.9 Å². The van der Waals surface area contributed by atoms with Crippen molar-refractivity contribution in [2.24, 2.45) is 21.7 Å². The Hall–Kier alpha value is -1.84. The fourth-order valence-electron chi connectivity index (χ4n) is 1.90. The quantitative estimate of drug-likeness (QED) is 0.403. The second kappa shape index (κ2) is 3.73. The minimum atomic E-state index is 0.00334. The summed E-state index contributed by atoms with van der Waals surface area (Å²) in [5.74, 6) is 0.00334. The van der Waals surface area contributed by atoms with Crippen LogP contribution in [0.5, 0.6) is 0 Å². The molecule has 78 valence electrons. The summed E-state index contributed by atoms with van der Waals surface area (Å²) in [4.78, 5) is 0. The molecule has 1 aliphatic rings. The van der Waals surface area contributed by atoms with Crippen LogP contribution in [-0.4, -0.2) is 11.7 Å². The molecule has 0 saturated carbocycles. The third kappa shape index (κ3) is 1.83. The molecule has 0 bridgehead atoms. The first-order chi connectivity index (χ1) is 7.18. The largest absolute Gasteiger partial charge is 0.369 e. The molecule has 4 heteroatoms. The molecule has 1 aromatic carbocycles. The van der Waals surface area contributed by atoms with E-state index < -0.39 is 0 Å². The highest BCUT2D eigenvalue weighted by Gasteiger charge is 2.18. The maximum Gasteiger partial charge on any atom is 0.211 e. The van der Waals surface area contributed by atoms with Crippen molar-refractivity contribution < 1.29 is 0 Å². The van der Waals surface area contributed by atoms with E-state index in [1.807, 2.05) is 6.07 Å². The van der Waals surface area contributed by atoms with Gasteiger partial charge in [-0.3, -0.25) is 0 Å². The summed E-state index contributed by atoms with van der Waals surface area (Å²) in [6, 6.07) is 6.21. The van der Waals surface area contributed by atoms with E-state index in [-0.39, 0.29) is 5.96 Å². The van der Waals surface area contributed by atoms with Crippen molar-refractivity contribution in [3.63, 3.8) is 0 Å². The Bertz CT molecular complexity index is 442. The topological polar surface area (TPSA) is 76.8 Å². The van der Waals surface area contributed by atoms with E-state index in [2.05, 4.69) is 29.3 Å². The van der Waals surface area contributed by atoms with Crippen LogP contribution in [0.3, 0.4) is 0 Å². The van der Waals surface area contributed by atoms with Gasteiger partial charge >= 0.3 is 0 Å². The van der Waals surface area contributed by atoms with Crippen LogP contribution in [0.25, 0.3) is 0 Å². The highest BCUT2D eigenvalue weighted by Crippen LogP contribution is 2.25. The molecular weight excluding hydrogens is 188 g/mol. The molecule has 0 unspecified atom stereocenters. The molecule has 0 amide bonds. The fourth-order valence-corrected chi connectivity index (χ4v) is 1.90. The van der Waals surface area contributed by atoms with Crippen LogP contribution in [0.15, 0.2) is 28.4 Å². The molecular formula is C11H14N4. The second-order valence-electron chi connectivity index (χ2n) is 3.67. The molecule has 15 heavy (non-hydrogen) atoms. The van der Waals surface area contributed by atoms with Gasteiger partial charge in [0, 0.05) is 5.56 Å². The average molecular weight is 202 g/mol. The lowest BCUT2D eigenvalue weighted by molar-refractivity contribution is 1.06. The summed E-state index contributed by atoms with van der Waals surface area (Å²) in [5, 5.41) is 7.76. The first-order valence-corrected chi connectivity index (χ1v) is 4.93. The molecule has 4 N–H and O–H groups in total. The highest BCUT2D eigenvalue weighted by atomic mass is 15.3. The van der Waals surface area contributed by atoms with E-state index in [1.165, 1.54) is 16.7 Å². The maximum absolute atomic E-state index is 5.24. The van der Waals surface area contributed by atoms with E-state index in [0.717, 1.165) is 18.6 Å². The number of nitrogens with two attached hydrogens (primary N) is 2. The molecule has 0 saturated heterocycles. The number of hydrogen-bond acceptors (Lipinski definition) is 2. The van der Waals surface area contributed by atoms with Crippen molar-refractivity contribution in [3.8, 4) is 0 Å². The summed E-state index contributed by atoms with van der Waals surface area (Å²) in [6.45, 7) is 2.11. The van der Waals surface area contributed by atoms with Crippen LogP contribution < -0.4 is 11.5 Å². The fraction of sp³-hybridized carbons (Fsp3) is 0.273. The van der Waals surface area contributed by atoms with E-state index in [0.29, 0.717) is 0 Å². The number of guanidine groups is 1. The Morgan fingerprint density at radius 2 is 2.07 bits per heavy atom. The van der Waals surface area contributed by atoms with Crippen molar-refractivity contribution >= 4 is 11.7 Å². The Morgan fingerprint density at radius 1 is 1.27 bits per heavy atom. The molecule has 2 rings (SSSR count). The molecule has 4 nitrogen and oxygen atoms in total. The van der Waals surface area contributed by atoms with Gasteiger partial charge in [-0.15, -0.1) is 5.10 Å². The zero-order valence-corrected chi connectivity index (χ0v) is 8.70. The number of rotatable bonds is 1. The first kappa shape index (κ1) is 9.71. The standard InChI is InChI=1S/C11H14N4/c1-7-3-2-4-9-8(7)5-6-10(9)14-15-11(12)13/h2-4H,5-6H2,1H3,(H4,12,13,15). The zero-order valence-electron chi connectivity index (χ0n) is 8.70. The molecule has 0 heterocycles. The minimum Gasteiger partial charge on any atom is -0.369 e. The monoisotopic (exact) mass is 202 g/mol. The van der Waals surface area contributed by atoms with Gasteiger partial charge in [0.1, 0.15) is 0 Å². The van der Waals surface area contributed by atoms with Crippen molar-refractivity contribution in [2.45, 2.75) is 19.8 Å². The third-order valence-corrected chi connectivity index (χ3v) is 2.62. The zero-order chi connectivity index (χ0) is 10.8. The number of aryl methyl sites for hydroxylation is 1. The Labute approximate surface area is 88.7 Å². The average Bonchev–Trinajstić information content (AvgIpc) is 2.59. The molecule has 0 radical (unpaired) electrons. The van der Waals surface area contributed by atoms with Gasteiger partial charge in [-0.1, -0.05) is 18.2 Å². The summed E-state index contributed by atoms with van der Waals surface area (Å²) in [7, 11) is 0. The lowest BCUT2D eigenvalue weighted by Gasteiger charge is -2.01. The minimum absolute atomic E-state index is 0.00334. The molecule has 0 aliphatic heterocycles. The predicted octanol–water partition coefficient (Wildman–Crippen LogP) is 0.919. The van der Waals surface area contributed by atoms with Gasteiger partial charge in [0.2, 0.25) is 5.96 Å². The first-order valence-electron chi connectivity index (χ1n) is 4.93. The van der Waals surface area contributed by atoms with Crippen LogP contribution in [0.2, 0.25) is 0 Å². The van der Waals surface area contributed by atoms with Crippen LogP contribution in [0, 0.1) is 6.92 Å². The molecule has 1 aliphatic carbocycles. The van der Waals surface area contributed by atoms with Crippen molar-refractivity contribution in [1.29, 1.82) is 0 Å². The molecule has 1 aromatic rings. The molecule has 0 aromatic heterocycles. The van der Waals surface area contributed by atoms with Gasteiger partial charge in [-0.2, -0.15) is 5.10 Å². The second-order valence-corrected chi connectivity index (χ2v) is 3.67. The van der Waals surface area contributed by atoms with Gasteiger partial charge in [-0.25, -0.2) is 0 Å². The molecule has 0 fully saturated rings. The summed E-state index contributed by atoms with van der Waals surface area (Å²) >= 11 is 0. The number of benzene rings is 1. The van der Waals surface area contributed by atoms with Gasteiger partial charge in [0.15, 0.2) is 0 Å². The van der Waals surface area contributed by atoms with Crippen molar-refractivity contribution in [1.82, 2.24) is 0 Å². The third-order valence-electron chi connectivity index (χ3n) is 2.62. The normalized spacial score (nSPS) is 16.5. The Balaban J connectivity index is 2.41. The van der Waals surface area contributed by atoms with E-state index in [4.69, 9.17) is 11.5 Å². The lowest BCUT2D eigenvalue weighted by atomic mass is 10.0. The lowest BCUT2D eigenvalue weighted by Crippen LogP contribution is -2.22. The summed E-state index contributed by atoms with van der Waals surface area (Å²) < 4.78 is 0. The van der Waals surface area contributed by atoms with E-state index >= 15 is 0 Å². The number of fused-ring (bicyclic) bond motifs is 1. The summed E-state index contributed by atoms with van der Waals surface area (Å²) in [5.41, 5.74) is 15.3. The van der Waals surface area contributed by atoms with Crippen LogP contribution in [-0.2, 0) is 6.42 Å². The number of hydrogen-bond donors (Lipinski definition) is 2. The van der Waals surface area contributed by atoms with Crippen LogP contribution in [0.1, 0.15) is 23.1 Å². The van der Waals surface area contributed by atoms with Gasteiger partial charge in [0.05, 0.1) is 5.71 Å². The summed E-state index contributed by atoms with van der Waals surface area (Å²) in [6.07, 6.45) is 1.94. The highest BCUT2D eigenvalue weighted by molar-refractivity contribution is 6.05. The van der Waals surface area contributed by atoms with Gasteiger partial charge < -0.3 is 11.5 Å². The van der Waals surface area contributed by atoms with Crippen molar-refractivity contribution in [3.05, 3.63) is 34.9 Å². The maximum atomic E-state index is 5.24. The predicted molar refractivity (Wildman–Crippen MR) is 61.8 cm³/mol. The molecule has 0 atom stereocenters. The Kier molecular flexibility index (Phi) is 2.41. The number of nitrogens with zero attached hydrogens (tertiary/aromatic N) is 2. The molecule has 0 spiro atoms. The smallest absolute Gasteiger partial charge is 0.211 e.